The summed E-state index contributed by atoms with van der Waals surface area (Å²) in [5.41, 5.74) is 0. The minimum atomic E-state index is -2.39. The molecule has 0 N–H and O–H groups in total. The van der Waals surface area contributed by atoms with Gasteiger partial charge in [-0.3, -0.25) is 0 Å². The van der Waals surface area contributed by atoms with E-state index in [0.717, 1.165) is 0 Å². The van der Waals surface area contributed by atoms with E-state index in [1.807, 2.05) is 0 Å². The van der Waals surface area contributed by atoms with Crippen LogP contribution in [0.2, 0.25) is 0 Å². The van der Waals surface area contributed by atoms with Gasteiger partial charge in [0.2, 0.25) is 94.6 Å². The molecule has 3 aromatic carbocycles. The lowest BCUT2D eigenvalue weighted by Gasteiger charge is -2.10. The van der Waals surface area contributed by atoms with Gasteiger partial charge >= 0.3 is 72.7 Å². The van der Waals surface area contributed by atoms with Gasteiger partial charge in [-0.05, 0) is 20.8 Å². The van der Waals surface area contributed by atoms with E-state index in [2.05, 4.69) is 97.8 Å². The minimum absolute atomic E-state index is 0.0410. The van der Waals surface area contributed by atoms with Crippen LogP contribution in [0, 0.1) is 82.2 Å². The third-order valence-electron chi connectivity index (χ3n) is 10.7. The molecule has 30 nitrogen and oxygen atoms in total. The highest BCUT2D eigenvalue weighted by atomic mass is 19.2. The Labute approximate surface area is 513 Å². The molecule has 0 saturated carbocycles. The van der Waals surface area contributed by atoms with E-state index in [0.29, 0.717) is 12.1 Å². The van der Waals surface area contributed by atoms with Gasteiger partial charge in [0.1, 0.15) is 32.2 Å². The summed E-state index contributed by atoms with van der Waals surface area (Å²) in [4.78, 5) is 130. The van der Waals surface area contributed by atoms with Crippen LogP contribution >= 0.6 is 0 Å². The fraction of sp³-hybridized carbons (Fsp3) is 0.346. The van der Waals surface area contributed by atoms with Crippen molar-refractivity contribution >= 4 is 72.7 Å². The van der Waals surface area contributed by atoms with Crippen LogP contribution in [0.1, 0.15) is 20.8 Å². The maximum absolute atomic E-state index is 13.2. The molecule has 6 heterocycles. The van der Waals surface area contributed by atoms with Gasteiger partial charge in [-0.25, -0.2) is 92.7 Å². The zero-order valence-corrected chi connectivity index (χ0v) is 47.1. The first kappa shape index (κ1) is 75.0. The number of esters is 6. The molecule has 0 bridgehead atoms. The van der Waals surface area contributed by atoms with Gasteiger partial charge < -0.3 is 85.3 Å². The second-order valence-electron chi connectivity index (χ2n) is 17.2. The highest BCUT2D eigenvalue weighted by molar-refractivity contribution is 5.84. The first-order valence-electron chi connectivity index (χ1n) is 24.9. The van der Waals surface area contributed by atoms with E-state index < -0.39 is 235 Å². The number of halogens is 12. The van der Waals surface area contributed by atoms with Crippen molar-refractivity contribution < 1.29 is 195 Å². The van der Waals surface area contributed by atoms with Crippen LogP contribution in [0.5, 0.6) is 17.2 Å². The number of cyclic esters (lactones) is 12. The molecule has 6 aliphatic heterocycles. The highest BCUT2D eigenvalue weighted by Crippen LogP contribution is 2.31. The van der Waals surface area contributed by atoms with Crippen LogP contribution in [0.3, 0.4) is 0 Å². The molecule has 0 spiro atoms. The Morgan fingerprint density at radius 3 is 1.09 bits per heavy atom. The molecule has 0 radical (unpaired) electrons. The van der Waals surface area contributed by atoms with Crippen molar-refractivity contribution in [3.05, 3.63) is 101 Å². The molecule has 6 aliphatic rings. The number of ether oxygens (including phenoxy) is 18. The van der Waals surface area contributed by atoms with Crippen LogP contribution in [0.15, 0.2) is 30.9 Å². The van der Waals surface area contributed by atoms with Gasteiger partial charge in [-0.2, -0.15) is 17.6 Å². The standard InChI is InChI=1S/C10H3F5O5.C10H4F4O5.C10H5F3O5.C8H10O5.C8H8O5.C6H8O5/c11-3-4(12)6(14)8(7(15)5(3)13)20-9(16)2-1-18-10(17)19-2;11-3-1-4(12)7(14)8(6(3)13)19-9(15)5-2-17-10(16)18-5;11-4-1-5(12)8(6(13)2-4)18-9(14)7-3-16-10(15)17-7;2*1-3-4-11-7(9)6-5(2)12-8(10)13-6;1-3-4(5(7)9-2)11-6(8)10-3/h2H,1H2;1,5H,2H2;1-2,7H,3H2;3,5-6H,1,4H2,2H3;1,5-6H,4H2,2H3;3-4H,1-2H3. The average molecular weight is 1370 g/mol. The quantitative estimate of drug-likeness (QED) is 0.0299. The van der Waals surface area contributed by atoms with Crippen LogP contribution in [-0.2, 0) is 99.8 Å². The third kappa shape index (κ3) is 20.5. The topological polar surface area (TPSA) is 371 Å². The number of hydrogen-bond donors (Lipinski definition) is 0. The van der Waals surface area contributed by atoms with Crippen molar-refractivity contribution in [2.24, 2.45) is 0 Å². The molecule has 6 fully saturated rings. The summed E-state index contributed by atoms with van der Waals surface area (Å²) in [6, 6.07) is 0.659. The average Bonchev–Trinajstić information content (AvgIpc) is 1.21. The van der Waals surface area contributed by atoms with Gasteiger partial charge in [-0.1, -0.05) is 18.6 Å². The van der Waals surface area contributed by atoms with E-state index in [-0.39, 0.29) is 19.3 Å². The number of methoxy groups -OCH3 is 1. The first-order valence-corrected chi connectivity index (χ1v) is 24.9. The molecule has 0 amide bonds. The molecular formula is C52H38F12O30. The van der Waals surface area contributed by atoms with Crippen molar-refractivity contribution in [1.82, 2.24) is 0 Å². The Balaban J connectivity index is 0.000000243. The normalized spacial score (nSPS) is 21.4. The van der Waals surface area contributed by atoms with E-state index in [9.17, 15) is 110 Å². The van der Waals surface area contributed by atoms with Crippen LogP contribution < -0.4 is 14.2 Å². The maximum atomic E-state index is 13.2. The van der Waals surface area contributed by atoms with Crippen molar-refractivity contribution in [1.29, 1.82) is 0 Å². The van der Waals surface area contributed by atoms with Crippen molar-refractivity contribution in [2.75, 3.05) is 40.1 Å². The third-order valence-corrected chi connectivity index (χ3v) is 10.7. The predicted octanol–water partition coefficient (Wildman–Crippen LogP) is 5.86. The molecule has 6 saturated heterocycles. The highest BCUT2D eigenvalue weighted by Gasteiger charge is 2.43. The fourth-order valence-electron chi connectivity index (χ4n) is 6.35. The van der Waals surface area contributed by atoms with Gasteiger partial charge in [-0.15, -0.1) is 6.42 Å². The van der Waals surface area contributed by atoms with Crippen molar-refractivity contribution in [3.63, 3.8) is 0 Å². The summed E-state index contributed by atoms with van der Waals surface area (Å²) in [7, 11) is 1.22. The number of carbonyl (C=O) groups excluding carboxylic acids is 12. The second kappa shape index (κ2) is 34.1. The van der Waals surface area contributed by atoms with E-state index in [1.54, 1.807) is 13.8 Å². The zero-order valence-electron chi connectivity index (χ0n) is 47.1. The van der Waals surface area contributed by atoms with E-state index >= 15 is 0 Å². The van der Waals surface area contributed by atoms with E-state index in [1.165, 1.54) is 20.1 Å². The lowest BCUT2D eigenvalue weighted by atomic mass is 10.2. The van der Waals surface area contributed by atoms with Gasteiger partial charge in [0.25, 0.3) is 0 Å². The molecule has 9 rings (SSSR count). The largest absolute Gasteiger partial charge is 0.509 e. The molecule has 42 heteroatoms. The smallest absolute Gasteiger partial charge is 0.466 e. The van der Waals surface area contributed by atoms with Gasteiger partial charge in [0, 0.05) is 18.2 Å². The molecule has 9 unspecified atom stereocenters. The Hall–Kier alpha value is -11.4. The minimum Gasteiger partial charge on any atom is -0.466 e. The number of hydrogen-bond acceptors (Lipinski definition) is 30. The molecule has 0 aromatic heterocycles. The van der Waals surface area contributed by atoms with Gasteiger partial charge in [0.05, 0.1) is 7.11 Å². The monoisotopic (exact) mass is 1370 g/mol. The Kier molecular flexibility index (Phi) is 27.2. The number of carbonyl (C=O) groups is 12. The fourth-order valence-corrected chi connectivity index (χ4v) is 6.35. The Bertz CT molecular complexity index is 3410. The molecule has 3 aromatic rings. The summed E-state index contributed by atoms with van der Waals surface area (Å²) < 4.78 is 235. The maximum Gasteiger partial charge on any atom is 0.509 e. The molecule has 0 aliphatic carbocycles. The lowest BCUT2D eigenvalue weighted by Crippen LogP contribution is -2.31. The summed E-state index contributed by atoms with van der Waals surface area (Å²) in [5, 5.41) is 0. The van der Waals surface area contributed by atoms with Crippen LogP contribution in [0.25, 0.3) is 0 Å². The number of rotatable bonds is 12. The van der Waals surface area contributed by atoms with Crippen LogP contribution in [-0.4, -0.2) is 168 Å². The predicted molar refractivity (Wildman–Crippen MR) is 260 cm³/mol. The molecule has 94 heavy (non-hydrogen) atoms. The second-order valence-corrected chi connectivity index (χ2v) is 17.2. The number of terminal acetylenes is 1. The molecule has 9 atom stereocenters. The lowest BCUT2D eigenvalue weighted by molar-refractivity contribution is -0.152. The summed E-state index contributed by atoms with van der Waals surface area (Å²) in [6.45, 7) is 6.44. The molecule has 510 valence electrons. The summed E-state index contributed by atoms with van der Waals surface area (Å²) >= 11 is 0. The first-order chi connectivity index (χ1) is 44.1. The number of benzene rings is 3. The summed E-state index contributed by atoms with van der Waals surface area (Å²) in [6.07, 6.45) is -8.98. The Morgan fingerprint density at radius 2 is 0.777 bits per heavy atom. The van der Waals surface area contributed by atoms with E-state index in [4.69, 9.17) is 6.42 Å². The Morgan fingerprint density at radius 1 is 0.447 bits per heavy atom. The van der Waals surface area contributed by atoms with Crippen molar-refractivity contribution in [2.45, 2.75) is 75.7 Å². The van der Waals surface area contributed by atoms with Gasteiger partial charge in [0.15, 0.2) is 48.2 Å². The van der Waals surface area contributed by atoms with Crippen molar-refractivity contribution in [3.8, 4) is 29.6 Å². The molecular weight excluding hydrogens is 1330 g/mol. The summed E-state index contributed by atoms with van der Waals surface area (Å²) in [5.74, 6) is -31.1. The van der Waals surface area contributed by atoms with Crippen LogP contribution in [0.4, 0.5) is 81.5 Å². The zero-order chi connectivity index (χ0) is 70.6. The SMILES string of the molecule is C#CCOC(=O)C1OC(=O)OC1C.C=CCOC(=O)C1OC(=O)OC1C.COC(=O)C1OC(=O)OC1C.O=C1OCC(C(=O)Oc2c(F)c(F)c(F)c(F)c2F)O1.O=C1OCC(C(=O)Oc2c(F)c(F)cc(F)c2F)O1.O=C1OCC(C(=O)Oc2c(F)cc(F)cc2F)O1.